The second-order valence-corrected chi connectivity index (χ2v) is 6.60. The van der Waals surface area contributed by atoms with Crippen molar-refractivity contribution in [3.8, 4) is 5.75 Å². The van der Waals surface area contributed by atoms with Crippen LogP contribution in [-0.4, -0.2) is 25.6 Å². The smallest absolute Gasteiger partial charge is 0.323 e. The van der Waals surface area contributed by atoms with Crippen molar-refractivity contribution in [2.45, 2.75) is 32.6 Å². The molecule has 1 aliphatic heterocycles. The second-order valence-electron chi connectivity index (χ2n) is 6.60. The molecule has 27 heavy (non-hydrogen) atoms. The summed E-state index contributed by atoms with van der Waals surface area (Å²) in [5, 5.41) is 5.65. The van der Waals surface area contributed by atoms with E-state index >= 15 is 0 Å². The Morgan fingerprint density at radius 3 is 2.52 bits per heavy atom. The lowest BCUT2D eigenvalue weighted by Crippen LogP contribution is -2.31. The van der Waals surface area contributed by atoms with Crippen LogP contribution in [0.3, 0.4) is 0 Å². The summed E-state index contributed by atoms with van der Waals surface area (Å²) in [7, 11) is 1.77. The van der Waals surface area contributed by atoms with E-state index in [1.807, 2.05) is 36.4 Å². The number of ether oxygens (including phenoxy) is 1. The average Bonchev–Trinajstić information content (AvgIpc) is 2.66. The molecule has 0 saturated heterocycles. The van der Waals surface area contributed by atoms with Gasteiger partial charge in [0.25, 0.3) is 0 Å². The van der Waals surface area contributed by atoms with Crippen molar-refractivity contribution in [2.24, 2.45) is 0 Å². The first-order chi connectivity index (χ1) is 13.1. The van der Waals surface area contributed by atoms with E-state index in [0.29, 0.717) is 30.8 Å². The van der Waals surface area contributed by atoms with Gasteiger partial charge >= 0.3 is 6.03 Å². The Labute approximate surface area is 159 Å². The van der Waals surface area contributed by atoms with Gasteiger partial charge in [-0.15, -0.1) is 0 Å². The van der Waals surface area contributed by atoms with Gasteiger partial charge in [-0.25, -0.2) is 4.79 Å². The van der Waals surface area contributed by atoms with Crippen LogP contribution in [-0.2, 0) is 11.2 Å². The van der Waals surface area contributed by atoms with E-state index < -0.39 is 0 Å². The molecule has 0 atom stereocenters. The Hall–Kier alpha value is -3.02. The van der Waals surface area contributed by atoms with Crippen molar-refractivity contribution in [3.05, 3.63) is 48.0 Å². The minimum Gasteiger partial charge on any atom is -0.494 e. The Kier molecular flexibility index (Phi) is 5.96. The third kappa shape index (κ3) is 4.78. The monoisotopic (exact) mass is 367 g/mol. The number of fused-ring (bicyclic) bond motifs is 1. The van der Waals surface area contributed by atoms with Crippen LogP contribution in [0.15, 0.2) is 42.5 Å². The second kappa shape index (κ2) is 8.58. The number of urea groups is 1. The lowest BCUT2D eigenvalue weighted by Gasteiger charge is -2.26. The molecule has 2 aromatic rings. The molecule has 2 aromatic carbocycles. The van der Waals surface area contributed by atoms with Gasteiger partial charge < -0.3 is 20.3 Å². The van der Waals surface area contributed by atoms with Crippen LogP contribution in [0.25, 0.3) is 0 Å². The molecular formula is C21H25N3O3. The Morgan fingerprint density at radius 2 is 1.78 bits per heavy atom. The molecule has 0 bridgehead atoms. The zero-order valence-corrected chi connectivity index (χ0v) is 15.7. The maximum Gasteiger partial charge on any atom is 0.323 e. The van der Waals surface area contributed by atoms with Crippen LogP contribution in [0.5, 0.6) is 5.75 Å². The van der Waals surface area contributed by atoms with Crippen LogP contribution < -0.4 is 20.3 Å². The molecule has 0 aliphatic carbocycles. The lowest BCUT2D eigenvalue weighted by molar-refractivity contribution is -0.118. The molecule has 3 rings (SSSR count). The number of amides is 3. The largest absolute Gasteiger partial charge is 0.494 e. The molecule has 0 unspecified atom stereocenters. The van der Waals surface area contributed by atoms with Gasteiger partial charge in [-0.05, 0) is 60.9 Å². The van der Waals surface area contributed by atoms with Crippen LogP contribution >= 0.6 is 0 Å². The van der Waals surface area contributed by atoms with Gasteiger partial charge in [0, 0.05) is 30.5 Å². The third-order valence-corrected chi connectivity index (χ3v) is 4.56. The van der Waals surface area contributed by atoms with Gasteiger partial charge in [0.2, 0.25) is 5.91 Å². The number of benzene rings is 2. The summed E-state index contributed by atoms with van der Waals surface area (Å²) < 4.78 is 5.61. The summed E-state index contributed by atoms with van der Waals surface area (Å²) in [5.74, 6) is 0.908. The van der Waals surface area contributed by atoms with E-state index in [1.165, 1.54) is 0 Å². The van der Waals surface area contributed by atoms with Gasteiger partial charge in [-0.3, -0.25) is 4.79 Å². The summed E-state index contributed by atoms with van der Waals surface area (Å²) in [4.78, 5) is 25.7. The number of anilines is 3. The molecular weight excluding hydrogens is 342 g/mol. The quantitative estimate of drug-likeness (QED) is 0.743. The lowest BCUT2D eigenvalue weighted by atomic mass is 10.0. The number of aryl methyl sites for hydroxylation is 1. The number of nitrogens with zero attached hydrogens (tertiary/aromatic N) is 1. The highest BCUT2D eigenvalue weighted by Crippen LogP contribution is 2.29. The molecule has 142 valence electrons. The summed E-state index contributed by atoms with van der Waals surface area (Å²) in [6.07, 6.45) is 3.29. The van der Waals surface area contributed by atoms with Gasteiger partial charge in [0.15, 0.2) is 0 Å². The van der Waals surface area contributed by atoms with Crippen LogP contribution in [0.2, 0.25) is 0 Å². The first-order valence-electron chi connectivity index (χ1n) is 9.27. The van der Waals surface area contributed by atoms with E-state index in [4.69, 9.17) is 4.74 Å². The van der Waals surface area contributed by atoms with Gasteiger partial charge in [0.1, 0.15) is 5.75 Å². The predicted octanol–water partition coefficient (Wildman–Crippen LogP) is 4.42. The van der Waals surface area contributed by atoms with Crippen LogP contribution in [0.1, 0.15) is 31.7 Å². The Morgan fingerprint density at radius 1 is 1.07 bits per heavy atom. The highest BCUT2D eigenvalue weighted by Gasteiger charge is 2.21. The van der Waals surface area contributed by atoms with Crippen molar-refractivity contribution in [1.82, 2.24) is 0 Å². The van der Waals surface area contributed by atoms with Crippen molar-refractivity contribution >= 4 is 29.0 Å². The van der Waals surface area contributed by atoms with Gasteiger partial charge in [-0.2, -0.15) is 0 Å². The SMILES string of the molecule is CCCCOc1ccc(NC(=O)Nc2ccc3c(c2)CCC(=O)N3C)cc1. The zero-order valence-electron chi connectivity index (χ0n) is 15.7. The van der Waals surface area contributed by atoms with Crippen molar-refractivity contribution in [2.75, 3.05) is 29.2 Å². The third-order valence-electron chi connectivity index (χ3n) is 4.56. The summed E-state index contributed by atoms with van der Waals surface area (Å²) in [6.45, 7) is 2.82. The van der Waals surface area contributed by atoms with Gasteiger partial charge in [0.05, 0.1) is 6.61 Å². The summed E-state index contributed by atoms with van der Waals surface area (Å²) in [5.41, 5.74) is 3.35. The van der Waals surface area contributed by atoms with Gasteiger partial charge in [-0.1, -0.05) is 13.3 Å². The maximum atomic E-state index is 12.2. The summed E-state index contributed by atoms with van der Waals surface area (Å²) >= 11 is 0. The first kappa shape index (κ1) is 18.8. The van der Waals surface area contributed by atoms with Crippen LogP contribution in [0, 0.1) is 0 Å². The fourth-order valence-electron chi connectivity index (χ4n) is 3.00. The molecule has 6 nitrogen and oxygen atoms in total. The molecule has 0 spiro atoms. The number of carbonyl (C=O) groups excluding carboxylic acids is 2. The highest BCUT2D eigenvalue weighted by atomic mass is 16.5. The molecule has 2 N–H and O–H groups in total. The van der Waals surface area contributed by atoms with E-state index in [1.54, 1.807) is 18.0 Å². The molecule has 3 amide bonds. The molecule has 0 radical (unpaired) electrons. The zero-order chi connectivity index (χ0) is 19.2. The maximum absolute atomic E-state index is 12.2. The molecule has 1 heterocycles. The van der Waals surface area contributed by atoms with E-state index in [0.717, 1.165) is 29.8 Å². The first-order valence-corrected chi connectivity index (χ1v) is 9.27. The van der Waals surface area contributed by atoms with Crippen LogP contribution in [0.4, 0.5) is 21.9 Å². The Balaban J connectivity index is 1.57. The minimum absolute atomic E-state index is 0.114. The minimum atomic E-state index is -0.310. The molecule has 1 aliphatic rings. The summed E-state index contributed by atoms with van der Waals surface area (Å²) in [6, 6.07) is 12.6. The van der Waals surface area contributed by atoms with E-state index in [2.05, 4.69) is 17.6 Å². The molecule has 6 heteroatoms. The number of rotatable bonds is 6. The highest BCUT2D eigenvalue weighted by molar-refractivity contribution is 6.01. The number of nitrogens with one attached hydrogen (secondary N) is 2. The predicted molar refractivity (Wildman–Crippen MR) is 108 cm³/mol. The fourth-order valence-corrected chi connectivity index (χ4v) is 3.00. The van der Waals surface area contributed by atoms with E-state index in [9.17, 15) is 9.59 Å². The number of hydrogen-bond donors (Lipinski definition) is 2. The molecule has 0 saturated carbocycles. The number of hydrogen-bond acceptors (Lipinski definition) is 3. The number of carbonyl (C=O) groups is 2. The Bertz CT molecular complexity index is 818. The fraction of sp³-hybridized carbons (Fsp3) is 0.333. The molecule has 0 aromatic heterocycles. The topological polar surface area (TPSA) is 70.7 Å². The van der Waals surface area contributed by atoms with Crippen molar-refractivity contribution < 1.29 is 14.3 Å². The van der Waals surface area contributed by atoms with Crippen molar-refractivity contribution in [3.63, 3.8) is 0 Å². The molecule has 0 fully saturated rings. The standard InChI is InChI=1S/C21H25N3O3/c1-3-4-13-27-18-9-6-16(7-10-18)22-21(26)23-17-8-11-19-15(14-17)5-12-20(25)24(19)2/h6-11,14H,3-5,12-13H2,1-2H3,(H2,22,23,26). The van der Waals surface area contributed by atoms with E-state index in [-0.39, 0.29) is 11.9 Å². The normalized spacial score (nSPS) is 13.1. The van der Waals surface area contributed by atoms with Crippen molar-refractivity contribution in [1.29, 1.82) is 0 Å². The average molecular weight is 367 g/mol. The number of unbranched alkanes of at least 4 members (excludes halogenated alkanes) is 1.